The standard InChI is InChI=1S/C19H33N5O2S/c1-6-20-17(21-10-9-16-22-12-14(2)27-16)23-15-8-7-11-24(13-15)18(25)26-19(3,4)5/h12,15H,6-11,13H2,1-5H3,(H2,20,21,23). The molecule has 1 fully saturated rings. The van der Waals surface area contributed by atoms with Crippen LogP contribution in [0, 0.1) is 6.92 Å². The lowest BCUT2D eigenvalue weighted by Crippen LogP contribution is -2.53. The SMILES string of the molecule is CCNC(=NCCc1ncc(C)s1)NC1CCCN(C(=O)OC(C)(C)C)C1. The minimum atomic E-state index is -0.470. The number of carbonyl (C=O) groups excluding carboxylic acids is 1. The highest BCUT2D eigenvalue weighted by Crippen LogP contribution is 2.15. The van der Waals surface area contributed by atoms with Gasteiger partial charge in [-0.15, -0.1) is 11.3 Å². The topological polar surface area (TPSA) is 78.9 Å². The molecular formula is C19H33N5O2S. The lowest BCUT2D eigenvalue weighted by Gasteiger charge is -2.35. The summed E-state index contributed by atoms with van der Waals surface area (Å²) in [6.07, 6.45) is 4.46. The molecule has 27 heavy (non-hydrogen) atoms. The molecule has 0 saturated carbocycles. The van der Waals surface area contributed by atoms with Gasteiger partial charge in [0.1, 0.15) is 5.60 Å². The van der Waals surface area contributed by atoms with Gasteiger partial charge in [-0.3, -0.25) is 4.99 Å². The van der Waals surface area contributed by atoms with E-state index in [1.807, 2.05) is 27.0 Å². The van der Waals surface area contributed by atoms with Crippen LogP contribution < -0.4 is 10.6 Å². The Morgan fingerprint density at radius 2 is 2.26 bits per heavy atom. The predicted octanol–water partition coefficient (Wildman–Crippen LogP) is 2.95. The molecule has 2 N–H and O–H groups in total. The number of aromatic nitrogens is 1. The Morgan fingerprint density at radius 1 is 1.48 bits per heavy atom. The van der Waals surface area contributed by atoms with E-state index < -0.39 is 5.60 Å². The third-order valence-electron chi connectivity index (χ3n) is 4.02. The fourth-order valence-corrected chi connectivity index (χ4v) is 3.66. The summed E-state index contributed by atoms with van der Waals surface area (Å²) in [4.78, 5) is 24.4. The van der Waals surface area contributed by atoms with Crippen molar-refractivity contribution in [2.75, 3.05) is 26.2 Å². The smallest absolute Gasteiger partial charge is 0.410 e. The maximum Gasteiger partial charge on any atom is 0.410 e. The van der Waals surface area contributed by atoms with E-state index in [0.717, 1.165) is 43.3 Å². The van der Waals surface area contributed by atoms with Gasteiger partial charge in [-0.25, -0.2) is 9.78 Å². The second-order valence-electron chi connectivity index (χ2n) is 7.79. The number of aliphatic imine (C=N–C) groups is 1. The van der Waals surface area contributed by atoms with Crippen molar-refractivity contribution in [1.29, 1.82) is 0 Å². The molecule has 8 heteroatoms. The van der Waals surface area contributed by atoms with Gasteiger partial charge >= 0.3 is 6.09 Å². The molecule has 1 aliphatic heterocycles. The summed E-state index contributed by atoms with van der Waals surface area (Å²) in [5.74, 6) is 0.793. The molecular weight excluding hydrogens is 362 g/mol. The minimum absolute atomic E-state index is 0.172. The average Bonchev–Trinajstić information content (AvgIpc) is 2.99. The van der Waals surface area contributed by atoms with E-state index in [1.54, 1.807) is 16.2 Å². The molecule has 1 aromatic rings. The van der Waals surface area contributed by atoms with Gasteiger partial charge in [-0.1, -0.05) is 0 Å². The first kappa shape index (κ1) is 21.5. The second kappa shape index (κ2) is 9.92. The highest BCUT2D eigenvalue weighted by Gasteiger charge is 2.28. The monoisotopic (exact) mass is 395 g/mol. The first-order valence-electron chi connectivity index (χ1n) is 9.71. The number of piperidine rings is 1. The minimum Gasteiger partial charge on any atom is -0.444 e. The zero-order valence-electron chi connectivity index (χ0n) is 17.2. The van der Waals surface area contributed by atoms with Gasteiger partial charge in [0.15, 0.2) is 5.96 Å². The molecule has 0 bridgehead atoms. The average molecular weight is 396 g/mol. The Balaban J connectivity index is 1.88. The lowest BCUT2D eigenvalue weighted by molar-refractivity contribution is 0.0193. The third-order valence-corrected chi connectivity index (χ3v) is 5.00. The Hall–Kier alpha value is -1.83. The molecule has 2 rings (SSSR count). The Kier molecular flexibility index (Phi) is 7.89. The van der Waals surface area contributed by atoms with Gasteiger partial charge in [-0.05, 0) is 47.5 Å². The number of ether oxygens (including phenoxy) is 1. The molecule has 1 aromatic heterocycles. The number of thiazole rings is 1. The summed E-state index contributed by atoms with van der Waals surface area (Å²) >= 11 is 1.72. The van der Waals surface area contributed by atoms with Crippen LogP contribution >= 0.6 is 11.3 Å². The normalized spacial score (nSPS) is 18.3. The molecule has 7 nitrogen and oxygen atoms in total. The van der Waals surface area contributed by atoms with Gasteiger partial charge in [0.05, 0.1) is 5.01 Å². The van der Waals surface area contributed by atoms with E-state index in [2.05, 4.69) is 34.5 Å². The quantitative estimate of drug-likeness (QED) is 0.592. The van der Waals surface area contributed by atoms with Gasteiger partial charge in [0, 0.05) is 49.7 Å². The van der Waals surface area contributed by atoms with Crippen molar-refractivity contribution in [1.82, 2.24) is 20.5 Å². The highest BCUT2D eigenvalue weighted by molar-refractivity contribution is 7.11. The molecule has 0 radical (unpaired) electrons. The van der Waals surface area contributed by atoms with Crippen molar-refractivity contribution < 1.29 is 9.53 Å². The van der Waals surface area contributed by atoms with E-state index in [4.69, 9.17) is 4.74 Å². The first-order valence-corrected chi connectivity index (χ1v) is 10.5. The van der Waals surface area contributed by atoms with Gasteiger partial charge < -0.3 is 20.3 Å². The fourth-order valence-electron chi connectivity index (χ4n) is 2.88. The van der Waals surface area contributed by atoms with Crippen molar-refractivity contribution in [2.24, 2.45) is 4.99 Å². The van der Waals surface area contributed by atoms with Crippen LogP contribution in [0.4, 0.5) is 4.79 Å². The Morgan fingerprint density at radius 3 is 2.89 bits per heavy atom. The van der Waals surface area contributed by atoms with Crippen LogP contribution in [0.3, 0.4) is 0 Å². The van der Waals surface area contributed by atoms with Crippen molar-refractivity contribution in [2.45, 2.75) is 65.5 Å². The molecule has 152 valence electrons. The number of amides is 1. The third kappa shape index (κ3) is 7.74. The lowest BCUT2D eigenvalue weighted by atomic mass is 10.1. The Labute approximate surface area is 166 Å². The van der Waals surface area contributed by atoms with Crippen LogP contribution in [0.1, 0.15) is 50.4 Å². The zero-order valence-corrected chi connectivity index (χ0v) is 18.0. The summed E-state index contributed by atoms with van der Waals surface area (Å²) in [5, 5.41) is 7.87. The van der Waals surface area contributed by atoms with Gasteiger partial charge in [-0.2, -0.15) is 0 Å². The number of carbonyl (C=O) groups is 1. The van der Waals surface area contributed by atoms with Crippen LogP contribution in [-0.4, -0.2) is 59.8 Å². The van der Waals surface area contributed by atoms with Gasteiger partial charge in [0.25, 0.3) is 0 Å². The number of nitrogens with one attached hydrogen (secondary N) is 2. The Bertz CT molecular complexity index is 638. The van der Waals surface area contributed by atoms with Crippen LogP contribution in [-0.2, 0) is 11.2 Å². The van der Waals surface area contributed by atoms with E-state index in [9.17, 15) is 4.79 Å². The summed E-state index contributed by atoms with van der Waals surface area (Å²) in [7, 11) is 0. The molecule has 1 saturated heterocycles. The summed E-state index contributed by atoms with van der Waals surface area (Å²) in [5.41, 5.74) is -0.470. The fraction of sp³-hybridized carbons (Fsp3) is 0.737. The summed E-state index contributed by atoms with van der Waals surface area (Å²) < 4.78 is 5.50. The van der Waals surface area contributed by atoms with Crippen LogP contribution in [0.25, 0.3) is 0 Å². The molecule has 0 aromatic carbocycles. The number of rotatable bonds is 5. The van der Waals surface area contributed by atoms with E-state index >= 15 is 0 Å². The maximum atomic E-state index is 12.3. The predicted molar refractivity (Wildman–Crippen MR) is 110 cm³/mol. The van der Waals surface area contributed by atoms with Crippen LogP contribution in [0.5, 0.6) is 0 Å². The van der Waals surface area contributed by atoms with Crippen molar-refractivity contribution >= 4 is 23.4 Å². The van der Waals surface area contributed by atoms with E-state index in [1.165, 1.54) is 4.88 Å². The second-order valence-corrected chi connectivity index (χ2v) is 9.10. The summed E-state index contributed by atoms with van der Waals surface area (Å²) in [6, 6.07) is 0.172. The molecule has 0 spiro atoms. The molecule has 0 aliphatic carbocycles. The summed E-state index contributed by atoms with van der Waals surface area (Å²) in [6.45, 7) is 12.6. The van der Waals surface area contributed by atoms with Crippen molar-refractivity contribution in [3.63, 3.8) is 0 Å². The number of aryl methyl sites for hydroxylation is 1. The first-order chi connectivity index (χ1) is 12.8. The van der Waals surface area contributed by atoms with E-state index in [0.29, 0.717) is 13.1 Å². The van der Waals surface area contributed by atoms with Gasteiger partial charge in [0.2, 0.25) is 0 Å². The molecule has 1 amide bonds. The molecule has 2 heterocycles. The zero-order chi connectivity index (χ0) is 19.9. The maximum absolute atomic E-state index is 12.3. The van der Waals surface area contributed by atoms with Crippen molar-refractivity contribution in [3.8, 4) is 0 Å². The molecule has 1 unspecified atom stereocenters. The number of nitrogens with zero attached hydrogens (tertiary/aromatic N) is 3. The number of hydrogen-bond acceptors (Lipinski definition) is 5. The highest BCUT2D eigenvalue weighted by atomic mass is 32.1. The molecule has 1 atom stereocenters. The number of likely N-dealkylation sites (tertiary alicyclic amines) is 1. The number of guanidine groups is 1. The number of hydrogen-bond donors (Lipinski definition) is 2. The van der Waals surface area contributed by atoms with Crippen molar-refractivity contribution in [3.05, 3.63) is 16.1 Å². The van der Waals surface area contributed by atoms with E-state index in [-0.39, 0.29) is 12.1 Å². The van der Waals surface area contributed by atoms with Crippen LogP contribution in [0.2, 0.25) is 0 Å². The largest absolute Gasteiger partial charge is 0.444 e. The van der Waals surface area contributed by atoms with Crippen LogP contribution in [0.15, 0.2) is 11.2 Å². The molecule has 1 aliphatic rings.